The number of fused-ring (bicyclic) bond motifs is 5. The van der Waals surface area contributed by atoms with Crippen LogP contribution in [0.2, 0.25) is 0 Å². The van der Waals surface area contributed by atoms with Crippen LogP contribution in [0.25, 0.3) is 39.6 Å². The van der Waals surface area contributed by atoms with E-state index >= 15 is 0 Å². The molecule has 0 amide bonds. The van der Waals surface area contributed by atoms with E-state index in [2.05, 4.69) is 65.3 Å². The highest BCUT2D eigenvalue weighted by molar-refractivity contribution is 6.17. The first-order valence-electron chi connectivity index (χ1n) is 12.1. The van der Waals surface area contributed by atoms with E-state index in [4.69, 9.17) is 0 Å². The summed E-state index contributed by atoms with van der Waals surface area (Å²) < 4.78 is 2.27. The van der Waals surface area contributed by atoms with Crippen molar-refractivity contribution in [2.45, 2.75) is 18.9 Å². The smallest absolute Gasteiger partial charge is 0.192 e. The monoisotopic (exact) mass is 453 g/mol. The third-order valence-electron chi connectivity index (χ3n) is 7.32. The van der Waals surface area contributed by atoms with Gasteiger partial charge < -0.3 is 9.67 Å². The molecule has 3 nitrogen and oxygen atoms in total. The molecule has 0 bridgehead atoms. The minimum atomic E-state index is -0.903. The molecule has 35 heavy (non-hydrogen) atoms. The van der Waals surface area contributed by atoms with Crippen LogP contribution in [0, 0.1) is 0 Å². The van der Waals surface area contributed by atoms with Gasteiger partial charge in [0, 0.05) is 27.6 Å². The summed E-state index contributed by atoms with van der Waals surface area (Å²) in [6.45, 7) is 0. The highest BCUT2D eigenvalue weighted by Gasteiger charge is 2.34. The summed E-state index contributed by atoms with van der Waals surface area (Å²) in [5, 5.41) is 13.4. The van der Waals surface area contributed by atoms with Gasteiger partial charge in [0.15, 0.2) is 5.78 Å². The van der Waals surface area contributed by atoms with Gasteiger partial charge in [-0.2, -0.15) is 0 Å². The van der Waals surface area contributed by atoms with Crippen LogP contribution >= 0.6 is 0 Å². The fourth-order valence-electron chi connectivity index (χ4n) is 5.63. The molecule has 5 aromatic rings. The quantitative estimate of drug-likeness (QED) is 0.291. The molecule has 0 radical (unpaired) electrons. The van der Waals surface area contributed by atoms with Crippen molar-refractivity contribution >= 4 is 39.7 Å². The topological polar surface area (TPSA) is 42.2 Å². The van der Waals surface area contributed by atoms with Crippen LogP contribution in [0.5, 0.6) is 0 Å². The summed E-state index contributed by atoms with van der Waals surface area (Å²) in [5.41, 5.74) is 8.36. The molecule has 0 spiro atoms. The zero-order chi connectivity index (χ0) is 23.5. The molecule has 1 atom stereocenters. The van der Waals surface area contributed by atoms with Gasteiger partial charge >= 0.3 is 0 Å². The number of aliphatic hydroxyl groups excluding tert-OH is 1. The number of Topliss-reactive ketones (excluding diaryl/α,β-unsaturated/α-hetero) is 1. The SMILES string of the molecule is O=C1/C(=C\c2ccc3c(c2)c2ccccc2n3-c2ccccc2)C(O)c2cc3c(cc21)CCC=C3. The average molecular weight is 454 g/mol. The summed E-state index contributed by atoms with van der Waals surface area (Å²) in [4.78, 5) is 13.3. The van der Waals surface area contributed by atoms with E-state index in [1.165, 1.54) is 5.56 Å². The van der Waals surface area contributed by atoms with Gasteiger partial charge in [-0.05, 0) is 83.6 Å². The molecule has 3 heteroatoms. The Morgan fingerprint density at radius 2 is 1.66 bits per heavy atom. The second-order valence-electron chi connectivity index (χ2n) is 9.38. The van der Waals surface area contributed by atoms with Gasteiger partial charge in [-0.25, -0.2) is 0 Å². The van der Waals surface area contributed by atoms with Gasteiger partial charge in [0.1, 0.15) is 6.10 Å². The normalized spacial score (nSPS) is 17.9. The number of rotatable bonds is 2. The molecule has 2 aliphatic rings. The number of nitrogens with zero attached hydrogens (tertiary/aromatic N) is 1. The number of aryl methyl sites for hydroxylation is 1. The number of ketones is 1. The summed E-state index contributed by atoms with van der Waals surface area (Å²) in [6.07, 6.45) is 7.12. The van der Waals surface area contributed by atoms with Crippen molar-refractivity contribution < 1.29 is 9.90 Å². The molecule has 1 unspecified atom stereocenters. The molecule has 1 N–H and O–H groups in total. The predicted octanol–water partition coefficient (Wildman–Crippen LogP) is 7.06. The Labute approximate surface area is 203 Å². The molecule has 1 heterocycles. The molecular weight excluding hydrogens is 430 g/mol. The summed E-state index contributed by atoms with van der Waals surface area (Å²) in [6, 6.07) is 29.0. The van der Waals surface area contributed by atoms with E-state index in [1.54, 1.807) is 0 Å². The first-order valence-corrected chi connectivity index (χ1v) is 12.1. The standard InChI is InChI=1S/C32H23NO2/c34-31-26-18-21-8-4-5-9-22(21)19-27(26)32(35)28(31)17-20-14-15-30-25(16-20)24-12-6-7-13-29(24)33(30)23-10-2-1-3-11-23/h1-4,6-8,10-19,31,34H,5,9H2/b28-17-. The van der Waals surface area contributed by atoms with Crippen molar-refractivity contribution in [3.05, 3.63) is 124 Å². The molecule has 4 aromatic carbocycles. The van der Waals surface area contributed by atoms with Crippen LogP contribution in [-0.4, -0.2) is 15.5 Å². The summed E-state index contributed by atoms with van der Waals surface area (Å²) in [7, 11) is 0. The number of para-hydroxylation sites is 2. The lowest BCUT2D eigenvalue weighted by Crippen LogP contribution is -2.00. The Morgan fingerprint density at radius 1 is 0.857 bits per heavy atom. The first kappa shape index (κ1) is 20.2. The lowest BCUT2D eigenvalue weighted by molar-refractivity contribution is 0.102. The van der Waals surface area contributed by atoms with E-state index in [1.807, 2.05) is 42.5 Å². The number of aromatic nitrogens is 1. The minimum Gasteiger partial charge on any atom is -0.383 e. The van der Waals surface area contributed by atoms with Crippen LogP contribution in [0.1, 0.15) is 45.1 Å². The third-order valence-corrected chi connectivity index (χ3v) is 7.32. The van der Waals surface area contributed by atoms with Crippen molar-refractivity contribution in [3.8, 4) is 5.69 Å². The number of carbonyl (C=O) groups is 1. The van der Waals surface area contributed by atoms with Gasteiger partial charge in [-0.15, -0.1) is 0 Å². The van der Waals surface area contributed by atoms with Crippen LogP contribution < -0.4 is 0 Å². The summed E-state index contributed by atoms with van der Waals surface area (Å²) >= 11 is 0. The minimum absolute atomic E-state index is 0.0725. The Morgan fingerprint density at radius 3 is 2.54 bits per heavy atom. The highest BCUT2D eigenvalue weighted by atomic mass is 16.3. The van der Waals surface area contributed by atoms with Crippen molar-refractivity contribution in [1.29, 1.82) is 0 Å². The maximum atomic E-state index is 13.3. The zero-order valence-electron chi connectivity index (χ0n) is 19.1. The number of hydrogen-bond acceptors (Lipinski definition) is 2. The lowest BCUT2D eigenvalue weighted by Gasteiger charge is -2.13. The Bertz CT molecular complexity index is 1720. The molecule has 7 rings (SSSR count). The van der Waals surface area contributed by atoms with E-state index < -0.39 is 6.10 Å². The first-order chi connectivity index (χ1) is 17.2. The highest BCUT2D eigenvalue weighted by Crippen LogP contribution is 2.40. The second-order valence-corrected chi connectivity index (χ2v) is 9.38. The van der Waals surface area contributed by atoms with E-state index in [0.717, 1.165) is 51.5 Å². The molecule has 0 fully saturated rings. The van der Waals surface area contributed by atoms with E-state index in [-0.39, 0.29) is 5.78 Å². The zero-order valence-corrected chi connectivity index (χ0v) is 19.1. The molecule has 0 saturated carbocycles. The number of aliphatic hydroxyl groups is 1. The Hall–Kier alpha value is -4.21. The fourth-order valence-corrected chi connectivity index (χ4v) is 5.63. The van der Waals surface area contributed by atoms with Crippen molar-refractivity contribution in [1.82, 2.24) is 4.57 Å². The Balaban J connectivity index is 1.37. The molecule has 0 aliphatic heterocycles. The number of benzene rings is 4. The van der Waals surface area contributed by atoms with Crippen molar-refractivity contribution in [3.63, 3.8) is 0 Å². The van der Waals surface area contributed by atoms with E-state index in [0.29, 0.717) is 16.7 Å². The van der Waals surface area contributed by atoms with Crippen molar-refractivity contribution in [2.24, 2.45) is 0 Å². The second kappa shape index (κ2) is 7.66. The van der Waals surface area contributed by atoms with Crippen LogP contribution in [0.4, 0.5) is 0 Å². The number of allylic oxidation sites excluding steroid dienone is 1. The third kappa shape index (κ3) is 3.05. The number of carbonyl (C=O) groups excluding carboxylic acids is 1. The molecule has 2 aliphatic carbocycles. The van der Waals surface area contributed by atoms with Crippen LogP contribution in [0.15, 0.2) is 96.6 Å². The van der Waals surface area contributed by atoms with Gasteiger partial charge in [-0.3, -0.25) is 4.79 Å². The largest absolute Gasteiger partial charge is 0.383 e. The maximum absolute atomic E-state index is 13.3. The van der Waals surface area contributed by atoms with Crippen LogP contribution in [0.3, 0.4) is 0 Å². The van der Waals surface area contributed by atoms with Gasteiger partial charge in [0.25, 0.3) is 0 Å². The van der Waals surface area contributed by atoms with Gasteiger partial charge in [0.05, 0.1) is 11.0 Å². The fraction of sp³-hybridized carbons (Fsp3) is 0.0938. The van der Waals surface area contributed by atoms with Crippen LogP contribution in [-0.2, 0) is 6.42 Å². The van der Waals surface area contributed by atoms with E-state index in [9.17, 15) is 9.90 Å². The van der Waals surface area contributed by atoms with Gasteiger partial charge in [0.2, 0.25) is 0 Å². The Kier molecular flexibility index (Phi) is 4.42. The average Bonchev–Trinajstić information content (AvgIpc) is 3.35. The van der Waals surface area contributed by atoms with Crippen molar-refractivity contribution in [2.75, 3.05) is 0 Å². The predicted molar refractivity (Wildman–Crippen MR) is 142 cm³/mol. The van der Waals surface area contributed by atoms with Gasteiger partial charge in [-0.1, -0.05) is 54.6 Å². The summed E-state index contributed by atoms with van der Waals surface area (Å²) in [5.74, 6) is -0.0725. The lowest BCUT2D eigenvalue weighted by atomic mass is 9.93. The molecule has 168 valence electrons. The maximum Gasteiger partial charge on any atom is 0.192 e. The molecular formula is C32H23NO2. The molecule has 1 aromatic heterocycles. The number of hydrogen-bond donors (Lipinski definition) is 1. The molecule has 0 saturated heterocycles.